The lowest BCUT2D eigenvalue weighted by atomic mass is 10.0. The van der Waals surface area contributed by atoms with Gasteiger partial charge in [-0.3, -0.25) is 19.1 Å². The molecule has 5 rings (SSSR count). The van der Waals surface area contributed by atoms with Gasteiger partial charge in [0.2, 0.25) is 21.8 Å². The van der Waals surface area contributed by atoms with Crippen molar-refractivity contribution >= 4 is 33.8 Å². The lowest BCUT2D eigenvalue weighted by molar-refractivity contribution is -0.141. The highest BCUT2D eigenvalue weighted by Gasteiger charge is 2.63. The maximum atomic E-state index is 13.8. The van der Waals surface area contributed by atoms with Crippen LogP contribution in [0, 0.1) is 5.92 Å². The van der Waals surface area contributed by atoms with Crippen molar-refractivity contribution < 1.29 is 32.3 Å². The van der Waals surface area contributed by atoms with Gasteiger partial charge in [-0.25, -0.2) is 13.2 Å². The van der Waals surface area contributed by atoms with E-state index in [4.69, 9.17) is 4.74 Å². The van der Waals surface area contributed by atoms with Gasteiger partial charge in [-0.2, -0.15) is 0 Å². The van der Waals surface area contributed by atoms with Gasteiger partial charge in [0.25, 0.3) is 5.91 Å². The lowest BCUT2D eigenvalue weighted by Gasteiger charge is -2.30. The third kappa shape index (κ3) is 7.53. The first-order valence-corrected chi connectivity index (χ1v) is 17.6. The number of benzene rings is 1. The van der Waals surface area contributed by atoms with E-state index in [0.717, 1.165) is 24.8 Å². The van der Waals surface area contributed by atoms with Crippen LogP contribution in [0.1, 0.15) is 90.5 Å². The molecule has 45 heavy (non-hydrogen) atoms. The van der Waals surface area contributed by atoms with Gasteiger partial charge in [-0.05, 0) is 84.1 Å². The zero-order chi connectivity index (χ0) is 32.5. The molecule has 0 spiro atoms. The van der Waals surface area contributed by atoms with Crippen molar-refractivity contribution in [2.75, 3.05) is 6.54 Å². The monoisotopic (exact) mass is 642 g/mol. The maximum Gasteiger partial charge on any atom is 0.408 e. The summed E-state index contributed by atoms with van der Waals surface area (Å²) in [5.41, 5.74) is -1.28. The van der Waals surface area contributed by atoms with E-state index in [-0.39, 0.29) is 18.2 Å². The van der Waals surface area contributed by atoms with Crippen molar-refractivity contribution in [3.63, 3.8) is 0 Å². The Balaban J connectivity index is 1.34. The van der Waals surface area contributed by atoms with E-state index in [1.165, 1.54) is 4.90 Å². The predicted molar refractivity (Wildman–Crippen MR) is 168 cm³/mol. The first-order valence-electron chi connectivity index (χ1n) is 16.1. The van der Waals surface area contributed by atoms with Crippen molar-refractivity contribution in [1.82, 2.24) is 20.3 Å². The largest absolute Gasteiger partial charge is 0.444 e. The second kappa shape index (κ2) is 12.8. The molecule has 4 amide bonds. The average molecular weight is 643 g/mol. The van der Waals surface area contributed by atoms with Gasteiger partial charge in [0.1, 0.15) is 23.2 Å². The minimum Gasteiger partial charge on any atom is -0.444 e. The van der Waals surface area contributed by atoms with Crippen LogP contribution < -0.4 is 15.4 Å². The molecule has 2 saturated carbocycles. The number of hydrogen-bond acceptors (Lipinski definition) is 7. The second-order valence-electron chi connectivity index (χ2n) is 14.0. The fraction of sp³-hybridized carbons (Fsp3) is 0.636. The fourth-order valence-electron chi connectivity index (χ4n) is 6.51. The van der Waals surface area contributed by atoms with Crippen molar-refractivity contribution in [1.29, 1.82) is 0 Å². The molecule has 4 aliphatic rings. The Morgan fingerprint density at radius 3 is 2.47 bits per heavy atom. The fourth-order valence-corrected chi connectivity index (χ4v) is 8.15. The summed E-state index contributed by atoms with van der Waals surface area (Å²) in [7, 11) is -4.04. The van der Waals surface area contributed by atoms with E-state index in [9.17, 15) is 27.6 Å². The van der Waals surface area contributed by atoms with Gasteiger partial charge in [0.05, 0.1) is 4.75 Å². The van der Waals surface area contributed by atoms with E-state index in [0.29, 0.717) is 51.5 Å². The molecule has 3 fully saturated rings. The first kappa shape index (κ1) is 33.0. The highest BCUT2D eigenvalue weighted by Crippen LogP contribution is 2.48. The Bertz CT molecular complexity index is 1430. The van der Waals surface area contributed by atoms with Crippen LogP contribution in [0.2, 0.25) is 0 Å². The van der Waals surface area contributed by atoms with Crippen LogP contribution in [0.25, 0.3) is 0 Å². The SMILES string of the molecule is CC(C)(C)OC(=O)N[C@H]1CCCCC/C=C\[C@@H]2C[C@@]2(C(=O)NS(=O)(=O)C2(Cc3ccccc3)CC2)NC(=O)[C@@H]2CCCN2C1=O. The van der Waals surface area contributed by atoms with Gasteiger partial charge < -0.3 is 20.3 Å². The molecule has 12 heteroatoms. The van der Waals surface area contributed by atoms with Crippen molar-refractivity contribution in [3.05, 3.63) is 48.0 Å². The number of rotatable bonds is 6. The molecule has 3 N–H and O–H groups in total. The van der Waals surface area contributed by atoms with Crippen molar-refractivity contribution in [2.24, 2.45) is 5.92 Å². The third-order valence-electron chi connectivity index (χ3n) is 9.30. The van der Waals surface area contributed by atoms with E-state index in [1.54, 1.807) is 20.8 Å². The summed E-state index contributed by atoms with van der Waals surface area (Å²) in [5.74, 6) is -1.97. The highest BCUT2D eigenvalue weighted by molar-refractivity contribution is 7.91. The molecule has 0 bridgehead atoms. The summed E-state index contributed by atoms with van der Waals surface area (Å²) in [6.45, 7) is 5.57. The molecular weight excluding hydrogens is 596 g/mol. The zero-order valence-corrected chi connectivity index (χ0v) is 27.3. The molecule has 2 aliphatic carbocycles. The minimum atomic E-state index is -4.04. The Hall–Kier alpha value is -3.41. The molecule has 11 nitrogen and oxygen atoms in total. The van der Waals surface area contributed by atoms with Gasteiger partial charge in [-0.1, -0.05) is 55.3 Å². The maximum absolute atomic E-state index is 13.8. The molecule has 4 atom stereocenters. The topological polar surface area (TPSA) is 151 Å². The van der Waals surface area contributed by atoms with E-state index < -0.39 is 55.9 Å². The Morgan fingerprint density at radius 2 is 1.78 bits per heavy atom. The smallest absolute Gasteiger partial charge is 0.408 e. The molecule has 1 aromatic rings. The second-order valence-corrected chi connectivity index (χ2v) is 16.1. The lowest BCUT2D eigenvalue weighted by Crippen LogP contribution is -2.59. The van der Waals surface area contributed by atoms with Crippen LogP contribution in [-0.2, 0) is 35.6 Å². The Morgan fingerprint density at radius 1 is 1.04 bits per heavy atom. The molecule has 2 heterocycles. The van der Waals surface area contributed by atoms with Crippen LogP contribution in [0.15, 0.2) is 42.5 Å². The van der Waals surface area contributed by atoms with Crippen LogP contribution >= 0.6 is 0 Å². The van der Waals surface area contributed by atoms with E-state index >= 15 is 0 Å². The number of nitrogens with one attached hydrogen (secondary N) is 3. The third-order valence-corrected chi connectivity index (χ3v) is 11.4. The molecule has 0 radical (unpaired) electrons. The number of amides is 4. The Kier molecular flexibility index (Phi) is 9.35. The van der Waals surface area contributed by atoms with E-state index in [2.05, 4.69) is 15.4 Å². The van der Waals surface area contributed by atoms with Crippen LogP contribution in [0.3, 0.4) is 0 Å². The van der Waals surface area contributed by atoms with Crippen molar-refractivity contribution in [2.45, 2.75) is 119 Å². The van der Waals surface area contributed by atoms with Crippen LogP contribution in [0.5, 0.6) is 0 Å². The molecular formula is C33H46N4O7S. The molecule has 2 aliphatic heterocycles. The number of alkyl carbamates (subject to hydrolysis) is 1. The number of fused-ring (bicyclic) bond motifs is 2. The van der Waals surface area contributed by atoms with Gasteiger partial charge >= 0.3 is 6.09 Å². The predicted octanol–water partition coefficient (Wildman–Crippen LogP) is 3.49. The summed E-state index contributed by atoms with van der Waals surface area (Å²) >= 11 is 0. The van der Waals surface area contributed by atoms with Crippen LogP contribution in [-0.4, -0.2) is 71.6 Å². The minimum absolute atomic E-state index is 0.270. The number of sulfonamides is 1. The summed E-state index contributed by atoms with van der Waals surface area (Å²) in [5, 5.41) is 5.61. The number of allylic oxidation sites excluding steroid dienone is 1. The Labute approximate surface area is 266 Å². The van der Waals surface area contributed by atoms with Crippen molar-refractivity contribution in [3.8, 4) is 0 Å². The zero-order valence-electron chi connectivity index (χ0n) is 26.5. The quantitative estimate of drug-likeness (QED) is 0.402. The first-order chi connectivity index (χ1) is 21.3. The standard InChI is InChI=1S/C33H46N4O7S/c1-31(2,3)44-30(41)34-25-16-11-6-4-5-10-15-24-22-33(24,35-27(38)26-17-12-20-37(26)28(25)39)29(40)36-45(42,43)32(18-19-32)21-23-13-8-7-9-14-23/h7-10,13-15,24-26H,4-6,11-12,16-22H2,1-3H3,(H,34,41)(H,35,38)(H,36,40)/b15-10-/t24-,25+,26+,33-/m1/s1. The average Bonchev–Trinajstić information content (AvgIpc) is 3.84. The number of carbonyl (C=O) groups is 4. The number of hydrogen-bond donors (Lipinski definition) is 3. The number of carbonyl (C=O) groups excluding carboxylic acids is 4. The summed E-state index contributed by atoms with van der Waals surface area (Å²) < 4.78 is 33.9. The highest BCUT2D eigenvalue weighted by atomic mass is 32.2. The number of nitrogens with zero attached hydrogens (tertiary/aromatic N) is 1. The van der Waals surface area contributed by atoms with Gasteiger partial charge in [-0.15, -0.1) is 0 Å². The van der Waals surface area contributed by atoms with Crippen LogP contribution in [0.4, 0.5) is 4.79 Å². The summed E-state index contributed by atoms with van der Waals surface area (Å²) in [6.07, 6.45) is 9.12. The molecule has 0 aromatic heterocycles. The molecule has 1 aromatic carbocycles. The van der Waals surface area contributed by atoms with E-state index in [1.807, 2.05) is 42.5 Å². The summed E-state index contributed by atoms with van der Waals surface area (Å²) in [4.78, 5) is 55.5. The van der Waals surface area contributed by atoms with Gasteiger partial charge in [0.15, 0.2) is 0 Å². The molecule has 246 valence electrons. The molecule has 1 saturated heterocycles. The number of ether oxygens (including phenoxy) is 1. The normalized spacial score (nSPS) is 29.1. The molecule has 0 unspecified atom stereocenters. The summed E-state index contributed by atoms with van der Waals surface area (Å²) in [6, 6.07) is 7.63. The van der Waals surface area contributed by atoms with Gasteiger partial charge in [0, 0.05) is 12.5 Å².